The first-order valence-electron chi connectivity index (χ1n) is 9.75. The van der Waals surface area contributed by atoms with Gasteiger partial charge >= 0.3 is 0 Å². The predicted molar refractivity (Wildman–Crippen MR) is 103 cm³/mol. The highest BCUT2D eigenvalue weighted by molar-refractivity contribution is 5.76. The van der Waals surface area contributed by atoms with Crippen molar-refractivity contribution in [3.05, 3.63) is 47.8 Å². The maximum atomic E-state index is 12.9. The largest absolute Gasteiger partial charge is 0.497 e. The molecular formula is C21H28N4O2. The Kier molecular flexibility index (Phi) is 5.16. The molecule has 5 rings (SSSR count). The molecule has 2 aromatic rings. The van der Waals surface area contributed by atoms with E-state index in [4.69, 9.17) is 4.74 Å². The zero-order valence-corrected chi connectivity index (χ0v) is 16.2. The van der Waals surface area contributed by atoms with Gasteiger partial charge in [0.15, 0.2) is 0 Å². The molecule has 4 heterocycles. The first-order valence-corrected chi connectivity index (χ1v) is 9.75. The van der Waals surface area contributed by atoms with Crippen LogP contribution in [0.1, 0.15) is 24.1 Å². The molecule has 0 saturated carbocycles. The first kappa shape index (κ1) is 18.0. The molecule has 1 amide bonds. The van der Waals surface area contributed by atoms with Crippen LogP contribution in [0.25, 0.3) is 0 Å². The van der Waals surface area contributed by atoms with Crippen LogP contribution in [0.3, 0.4) is 0 Å². The number of carbonyl (C=O) groups is 1. The summed E-state index contributed by atoms with van der Waals surface area (Å²) in [6.07, 6.45) is 4.08. The van der Waals surface area contributed by atoms with E-state index < -0.39 is 0 Å². The molecule has 27 heavy (non-hydrogen) atoms. The van der Waals surface area contributed by atoms with Crippen molar-refractivity contribution in [1.82, 2.24) is 19.6 Å². The van der Waals surface area contributed by atoms with E-state index in [0.29, 0.717) is 18.5 Å². The van der Waals surface area contributed by atoms with Crippen molar-refractivity contribution in [3.63, 3.8) is 0 Å². The Labute approximate surface area is 160 Å². The summed E-state index contributed by atoms with van der Waals surface area (Å²) < 4.78 is 7.05. The van der Waals surface area contributed by atoms with Crippen molar-refractivity contribution in [2.45, 2.75) is 38.9 Å². The Morgan fingerprint density at radius 2 is 1.96 bits per heavy atom. The number of aromatic nitrogens is 2. The van der Waals surface area contributed by atoms with Gasteiger partial charge < -0.3 is 9.64 Å². The van der Waals surface area contributed by atoms with E-state index in [9.17, 15) is 4.79 Å². The molecule has 0 radical (unpaired) electrons. The number of piperidine rings is 1. The minimum absolute atomic E-state index is 0.197. The van der Waals surface area contributed by atoms with Crippen molar-refractivity contribution in [3.8, 4) is 5.75 Å². The maximum Gasteiger partial charge on any atom is 0.244 e. The minimum atomic E-state index is 0.197. The number of amides is 1. The molecule has 2 atom stereocenters. The van der Waals surface area contributed by atoms with Gasteiger partial charge in [0, 0.05) is 44.1 Å². The lowest BCUT2D eigenvalue weighted by Gasteiger charge is -2.36. The Hall–Kier alpha value is -2.34. The number of hydrogen-bond donors (Lipinski definition) is 0. The molecule has 6 heteroatoms. The number of fused-ring (bicyclic) bond motifs is 4. The second-order valence-corrected chi connectivity index (χ2v) is 7.82. The number of carbonyl (C=O) groups excluding carboxylic acids is 1. The highest BCUT2D eigenvalue weighted by Crippen LogP contribution is 2.29. The Bertz CT molecular complexity index is 786. The van der Waals surface area contributed by atoms with Crippen LogP contribution in [0.2, 0.25) is 0 Å². The quantitative estimate of drug-likeness (QED) is 0.813. The highest BCUT2D eigenvalue weighted by atomic mass is 16.5. The van der Waals surface area contributed by atoms with Crippen LogP contribution in [0.5, 0.6) is 5.75 Å². The van der Waals surface area contributed by atoms with E-state index in [0.717, 1.165) is 44.0 Å². The molecule has 3 fully saturated rings. The molecule has 6 nitrogen and oxygen atoms in total. The smallest absolute Gasteiger partial charge is 0.244 e. The summed E-state index contributed by atoms with van der Waals surface area (Å²) in [5, 5.41) is 4.27. The summed E-state index contributed by atoms with van der Waals surface area (Å²) in [7, 11) is 1.69. The zero-order chi connectivity index (χ0) is 18.8. The molecule has 0 aliphatic carbocycles. The Morgan fingerprint density at radius 3 is 2.67 bits per heavy atom. The molecule has 0 spiro atoms. The van der Waals surface area contributed by atoms with E-state index >= 15 is 0 Å². The third kappa shape index (κ3) is 4.00. The van der Waals surface area contributed by atoms with E-state index in [1.165, 1.54) is 12.0 Å². The number of aryl methyl sites for hydroxylation is 1. The van der Waals surface area contributed by atoms with Crippen LogP contribution < -0.4 is 4.74 Å². The SMILES string of the molecule is COc1ccc(CN2C[C@@H]3CC[C@H](C2)N(C(=O)Cn2nccc2C)C3)cc1. The van der Waals surface area contributed by atoms with Gasteiger partial charge in [-0.3, -0.25) is 14.4 Å². The third-order valence-corrected chi connectivity index (χ3v) is 5.89. The van der Waals surface area contributed by atoms with E-state index in [2.05, 4.69) is 27.0 Å². The van der Waals surface area contributed by atoms with Crippen molar-refractivity contribution in [1.29, 1.82) is 0 Å². The monoisotopic (exact) mass is 368 g/mol. The van der Waals surface area contributed by atoms with Crippen molar-refractivity contribution in [2.75, 3.05) is 26.7 Å². The number of ether oxygens (including phenoxy) is 1. The molecule has 1 aromatic carbocycles. The fourth-order valence-corrected chi connectivity index (χ4v) is 4.39. The molecule has 0 N–H and O–H groups in total. The number of rotatable bonds is 5. The van der Waals surface area contributed by atoms with Gasteiger partial charge in [-0.05, 0) is 49.4 Å². The second-order valence-electron chi connectivity index (χ2n) is 7.82. The lowest BCUT2D eigenvalue weighted by Crippen LogP contribution is -2.48. The van der Waals surface area contributed by atoms with Gasteiger partial charge in [0.1, 0.15) is 12.3 Å². The fourth-order valence-electron chi connectivity index (χ4n) is 4.39. The molecule has 144 valence electrons. The topological polar surface area (TPSA) is 50.6 Å². The van der Waals surface area contributed by atoms with Crippen molar-refractivity contribution < 1.29 is 9.53 Å². The molecule has 2 bridgehead atoms. The van der Waals surface area contributed by atoms with Crippen LogP contribution in [0, 0.1) is 12.8 Å². The highest BCUT2D eigenvalue weighted by Gasteiger charge is 2.37. The first-order chi connectivity index (χ1) is 13.1. The van der Waals surface area contributed by atoms with Gasteiger partial charge in [0.25, 0.3) is 0 Å². The molecule has 3 aliphatic rings. The van der Waals surface area contributed by atoms with E-state index in [1.54, 1.807) is 18.0 Å². The fraction of sp³-hybridized carbons (Fsp3) is 0.524. The van der Waals surface area contributed by atoms with Crippen LogP contribution in [-0.4, -0.2) is 58.3 Å². The van der Waals surface area contributed by atoms with Gasteiger partial charge in [0.05, 0.1) is 7.11 Å². The molecule has 3 aliphatic heterocycles. The van der Waals surface area contributed by atoms with Gasteiger partial charge in [-0.1, -0.05) is 12.1 Å². The predicted octanol–water partition coefficient (Wildman–Crippen LogP) is 2.32. The lowest BCUT2D eigenvalue weighted by atomic mass is 9.95. The van der Waals surface area contributed by atoms with Gasteiger partial charge in [-0.2, -0.15) is 5.10 Å². The Balaban J connectivity index is 1.42. The average molecular weight is 368 g/mol. The van der Waals surface area contributed by atoms with Crippen LogP contribution in [0.4, 0.5) is 0 Å². The number of hydrogen-bond acceptors (Lipinski definition) is 4. The normalized spacial score (nSPS) is 22.7. The van der Waals surface area contributed by atoms with Crippen LogP contribution >= 0.6 is 0 Å². The molecule has 3 saturated heterocycles. The average Bonchev–Trinajstić information content (AvgIpc) is 2.89. The second kappa shape index (κ2) is 7.72. The summed E-state index contributed by atoms with van der Waals surface area (Å²) in [6, 6.07) is 10.6. The summed E-state index contributed by atoms with van der Waals surface area (Å²) in [4.78, 5) is 17.6. The van der Waals surface area contributed by atoms with Crippen LogP contribution in [-0.2, 0) is 17.9 Å². The summed E-state index contributed by atoms with van der Waals surface area (Å²) >= 11 is 0. The standard InChI is InChI=1S/C21H28N4O2/c1-16-9-10-22-25(16)15-21(26)24-13-18-3-6-19(24)14-23(12-18)11-17-4-7-20(27-2)8-5-17/h4-5,7-10,18-19H,3,6,11-15H2,1-2H3/t18-,19+/m0/s1. The molecular weight excluding hydrogens is 340 g/mol. The number of benzene rings is 1. The Morgan fingerprint density at radius 1 is 1.15 bits per heavy atom. The van der Waals surface area contributed by atoms with Gasteiger partial charge in [0.2, 0.25) is 5.91 Å². The van der Waals surface area contributed by atoms with Gasteiger partial charge in [-0.15, -0.1) is 0 Å². The summed E-state index contributed by atoms with van der Waals surface area (Å²) in [6.45, 7) is 6.16. The lowest BCUT2D eigenvalue weighted by molar-refractivity contribution is -0.136. The third-order valence-electron chi connectivity index (χ3n) is 5.89. The summed E-state index contributed by atoms with van der Waals surface area (Å²) in [5.41, 5.74) is 2.33. The zero-order valence-electron chi connectivity index (χ0n) is 16.2. The summed E-state index contributed by atoms with van der Waals surface area (Å²) in [5.74, 6) is 1.65. The molecule has 0 unspecified atom stereocenters. The van der Waals surface area contributed by atoms with E-state index in [-0.39, 0.29) is 5.91 Å². The van der Waals surface area contributed by atoms with Gasteiger partial charge in [-0.25, -0.2) is 0 Å². The molecule has 1 aromatic heterocycles. The van der Waals surface area contributed by atoms with Crippen molar-refractivity contribution in [2.24, 2.45) is 5.92 Å². The van der Waals surface area contributed by atoms with Crippen LogP contribution in [0.15, 0.2) is 36.5 Å². The van der Waals surface area contributed by atoms with E-state index in [1.807, 2.05) is 25.1 Å². The van der Waals surface area contributed by atoms with Crippen molar-refractivity contribution >= 4 is 5.91 Å². The number of nitrogens with zero attached hydrogens (tertiary/aromatic N) is 4. The number of methoxy groups -OCH3 is 1. The minimum Gasteiger partial charge on any atom is -0.497 e. The maximum absolute atomic E-state index is 12.9.